The van der Waals surface area contributed by atoms with Gasteiger partial charge in [-0.15, -0.1) is 15.3 Å². The lowest BCUT2D eigenvalue weighted by Gasteiger charge is -2.45. The minimum Gasteiger partial charge on any atom is -0.396 e. The van der Waals surface area contributed by atoms with Crippen molar-refractivity contribution in [1.82, 2.24) is 34.8 Å². The molecule has 0 bridgehead atoms. The number of aliphatic hydroxyl groups excluding tert-OH is 2. The Labute approximate surface area is 138 Å². The van der Waals surface area contributed by atoms with E-state index in [0.29, 0.717) is 25.9 Å². The van der Waals surface area contributed by atoms with Gasteiger partial charge in [-0.3, -0.25) is 14.5 Å². The summed E-state index contributed by atoms with van der Waals surface area (Å²) < 4.78 is 1.49. The lowest BCUT2D eigenvalue weighted by molar-refractivity contribution is -0.0722. The molecule has 3 N–H and O–H groups in total. The van der Waals surface area contributed by atoms with Gasteiger partial charge in [0.1, 0.15) is 12.7 Å². The van der Waals surface area contributed by atoms with Crippen molar-refractivity contribution in [3.8, 4) is 5.95 Å². The Morgan fingerprint density at radius 1 is 1.46 bits per heavy atom. The quantitative estimate of drug-likeness (QED) is 0.662. The molecule has 2 atom stereocenters. The maximum absolute atomic E-state index is 12.7. The van der Waals surface area contributed by atoms with Crippen LogP contribution in [-0.2, 0) is 0 Å². The number of aromatic nitrogens is 6. The van der Waals surface area contributed by atoms with Crippen molar-refractivity contribution in [2.45, 2.75) is 32.3 Å². The van der Waals surface area contributed by atoms with Gasteiger partial charge in [-0.25, -0.2) is 0 Å². The fourth-order valence-corrected chi connectivity index (χ4v) is 3.22. The second kappa shape index (κ2) is 6.65. The molecule has 2 aromatic heterocycles. The zero-order chi connectivity index (χ0) is 17.2. The molecule has 1 aliphatic heterocycles. The first-order valence-electron chi connectivity index (χ1n) is 7.95. The SMILES string of the molecule is CCC[C@@]1(CO)CN(C(=O)c2nc(-n3cnnc3)n[nH]2)CC[C@@H]1O. The van der Waals surface area contributed by atoms with Crippen molar-refractivity contribution < 1.29 is 15.0 Å². The van der Waals surface area contributed by atoms with Crippen molar-refractivity contribution in [2.24, 2.45) is 5.41 Å². The molecule has 24 heavy (non-hydrogen) atoms. The van der Waals surface area contributed by atoms with E-state index in [9.17, 15) is 15.0 Å². The third-order valence-electron chi connectivity index (χ3n) is 4.56. The van der Waals surface area contributed by atoms with Gasteiger partial charge in [-0.2, -0.15) is 4.98 Å². The molecule has 10 nitrogen and oxygen atoms in total. The van der Waals surface area contributed by atoms with Crippen molar-refractivity contribution in [1.29, 1.82) is 0 Å². The minimum absolute atomic E-state index is 0.110. The standard InChI is InChI=1S/C14H21N7O3/c1-2-4-14(7-22)6-20(5-3-10(14)23)12(24)11-17-13(19-18-11)21-8-15-16-9-21/h8-10,22-23H,2-7H2,1H3,(H,17,18,19)/t10-,14-/m0/s1. The maximum Gasteiger partial charge on any atom is 0.291 e. The Kier molecular flexibility index (Phi) is 4.58. The van der Waals surface area contributed by atoms with Crippen LogP contribution >= 0.6 is 0 Å². The summed E-state index contributed by atoms with van der Waals surface area (Å²) in [6.07, 6.45) is 4.16. The third kappa shape index (κ3) is 2.89. The first-order valence-corrected chi connectivity index (χ1v) is 7.95. The molecular weight excluding hydrogens is 314 g/mol. The number of carbonyl (C=O) groups is 1. The van der Waals surface area contributed by atoms with Gasteiger partial charge in [0, 0.05) is 18.5 Å². The average Bonchev–Trinajstić information content (AvgIpc) is 3.27. The van der Waals surface area contributed by atoms with Gasteiger partial charge in [-0.05, 0) is 12.8 Å². The van der Waals surface area contributed by atoms with Crippen LogP contribution in [0.5, 0.6) is 0 Å². The van der Waals surface area contributed by atoms with E-state index < -0.39 is 11.5 Å². The van der Waals surface area contributed by atoms with Crippen LogP contribution in [0.4, 0.5) is 0 Å². The van der Waals surface area contributed by atoms with Crippen LogP contribution in [0.15, 0.2) is 12.7 Å². The van der Waals surface area contributed by atoms with Crippen molar-refractivity contribution in [2.75, 3.05) is 19.7 Å². The number of likely N-dealkylation sites (tertiary alicyclic amines) is 1. The zero-order valence-electron chi connectivity index (χ0n) is 13.5. The monoisotopic (exact) mass is 335 g/mol. The number of amides is 1. The summed E-state index contributed by atoms with van der Waals surface area (Å²) in [7, 11) is 0. The normalized spacial score (nSPS) is 24.3. The van der Waals surface area contributed by atoms with E-state index in [1.54, 1.807) is 4.90 Å². The van der Waals surface area contributed by atoms with Gasteiger partial charge < -0.3 is 15.1 Å². The number of hydrogen-bond acceptors (Lipinski definition) is 7. The molecule has 3 heterocycles. The van der Waals surface area contributed by atoms with Crippen LogP contribution in [-0.4, -0.2) is 76.8 Å². The fourth-order valence-electron chi connectivity index (χ4n) is 3.22. The van der Waals surface area contributed by atoms with Crippen molar-refractivity contribution in [3.63, 3.8) is 0 Å². The fraction of sp³-hybridized carbons (Fsp3) is 0.643. The van der Waals surface area contributed by atoms with Gasteiger partial charge in [0.25, 0.3) is 11.9 Å². The van der Waals surface area contributed by atoms with Gasteiger partial charge >= 0.3 is 0 Å². The van der Waals surface area contributed by atoms with E-state index in [4.69, 9.17) is 0 Å². The molecule has 0 saturated carbocycles. The number of hydrogen-bond donors (Lipinski definition) is 3. The van der Waals surface area contributed by atoms with E-state index in [0.717, 1.165) is 6.42 Å². The molecule has 0 aliphatic carbocycles. The summed E-state index contributed by atoms with van der Waals surface area (Å²) in [4.78, 5) is 18.5. The van der Waals surface area contributed by atoms with E-state index in [-0.39, 0.29) is 24.3 Å². The molecule has 10 heteroatoms. The molecule has 0 spiro atoms. The first kappa shape index (κ1) is 16.5. The number of piperidine rings is 1. The lowest BCUT2D eigenvalue weighted by Crippen LogP contribution is -2.55. The molecule has 1 saturated heterocycles. The topological polar surface area (TPSA) is 133 Å². The molecule has 3 rings (SSSR count). The molecule has 0 radical (unpaired) electrons. The smallest absolute Gasteiger partial charge is 0.291 e. The van der Waals surface area contributed by atoms with Crippen LogP contribution in [0.25, 0.3) is 5.95 Å². The first-order chi connectivity index (χ1) is 11.6. The summed E-state index contributed by atoms with van der Waals surface area (Å²) in [5, 5.41) is 34.0. The van der Waals surface area contributed by atoms with E-state index in [1.807, 2.05) is 6.92 Å². The highest BCUT2D eigenvalue weighted by molar-refractivity contribution is 5.90. The molecule has 1 amide bonds. The van der Waals surface area contributed by atoms with Gasteiger partial charge in [0.15, 0.2) is 0 Å². The highest BCUT2D eigenvalue weighted by Crippen LogP contribution is 2.35. The number of aliphatic hydroxyl groups is 2. The Bertz CT molecular complexity index is 686. The Hall–Kier alpha value is -2.33. The van der Waals surface area contributed by atoms with Gasteiger partial charge in [-0.1, -0.05) is 13.3 Å². The van der Waals surface area contributed by atoms with Crippen LogP contribution in [0.1, 0.15) is 36.8 Å². The molecule has 1 fully saturated rings. The molecule has 1 aliphatic rings. The lowest BCUT2D eigenvalue weighted by atomic mass is 9.74. The predicted molar refractivity (Wildman–Crippen MR) is 82.3 cm³/mol. The highest BCUT2D eigenvalue weighted by atomic mass is 16.3. The van der Waals surface area contributed by atoms with E-state index in [1.165, 1.54) is 17.2 Å². The van der Waals surface area contributed by atoms with Crippen LogP contribution < -0.4 is 0 Å². The number of rotatable bonds is 5. The zero-order valence-corrected chi connectivity index (χ0v) is 13.5. The number of nitrogens with zero attached hydrogens (tertiary/aromatic N) is 6. The summed E-state index contributed by atoms with van der Waals surface area (Å²) in [6.45, 7) is 2.54. The highest BCUT2D eigenvalue weighted by Gasteiger charge is 2.43. The van der Waals surface area contributed by atoms with Crippen molar-refractivity contribution >= 4 is 5.91 Å². The maximum atomic E-state index is 12.7. The molecular formula is C14H21N7O3. The Morgan fingerprint density at radius 2 is 2.21 bits per heavy atom. The van der Waals surface area contributed by atoms with Crippen LogP contribution in [0, 0.1) is 5.41 Å². The Balaban J connectivity index is 1.77. The van der Waals surface area contributed by atoms with Gasteiger partial charge in [0.2, 0.25) is 5.82 Å². The summed E-state index contributed by atoms with van der Waals surface area (Å²) in [5.41, 5.74) is -0.681. The number of aromatic amines is 1. The second-order valence-corrected chi connectivity index (χ2v) is 6.15. The molecule has 0 unspecified atom stereocenters. The molecule has 2 aromatic rings. The predicted octanol–water partition coefficient (Wildman–Crippen LogP) is -0.629. The minimum atomic E-state index is -0.681. The van der Waals surface area contributed by atoms with Crippen LogP contribution in [0.3, 0.4) is 0 Å². The summed E-state index contributed by atoms with van der Waals surface area (Å²) in [5.74, 6) is 0.0865. The number of nitrogens with one attached hydrogen (secondary N) is 1. The van der Waals surface area contributed by atoms with Gasteiger partial charge in [0.05, 0.1) is 12.7 Å². The average molecular weight is 335 g/mol. The largest absolute Gasteiger partial charge is 0.396 e. The number of H-pyrrole nitrogens is 1. The molecule has 0 aromatic carbocycles. The van der Waals surface area contributed by atoms with E-state index >= 15 is 0 Å². The molecule has 130 valence electrons. The summed E-state index contributed by atoms with van der Waals surface area (Å²) >= 11 is 0. The van der Waals surface area contributed by atoms with Crippen LogP contribution in [0.2, 0.25) is 0 Å². The Morgan fingerprint density at radius 3 is 2.88 bits per heavy atom. The summed E-state index contributed by atoms with van der Waals surface area (Å²) in [6, 6.07) is 0. The third-order valence-corrected chi connectivity index (χ3v) is 4.56. The second-order valence-electron chi connectivity index (χ2n) is 6.15. The van der Waals surface area contributed by atoms with Crippen molar-refractivity contribution in [3.05, 3.63) is 18.5 Å². The number of carbonyl (C=O) groups excluding carboxylic acids is 1. The van der Waals surface area contributed by atoms with E-state index in [2.05, 4.69) is 25.4 Å².